The van der Waals surface area contributed by atoms with E-state index >= 15 is 0 Å². The summed E-state index contributed by atoms with van der Waals surface area (Å²) in [5.74, 6) is 6.60. The normalized spacial score (nSPS) is 16.4. The molecule has 4 heteroatoms. The molecule has 16 heavy (non-hydrogen) atoms. The van der Waals surface area contributed by atoms with E-state index in [1.807, 2.05) is 0 Å². The fourth-order valence-electron chi connectivity index (χ4n) is 1.27. The van der Waals surface area contributed by atoms with Gasteiger partial charge in [-0.25, -0.2) is 4.39 Å². The zero-order valence-corrected chi connectivity index (χ0v) is 9.47. The number of aromatic nitrogens is 1. The Morgan fingerprint density at radius 3 is 2.94 bits per heavy atom. The van der Waals surface area contributed by atoms with Crippen LogP contribution in [0.25, 0.3) is 0 Å². The van der Waals surface area contributed by atoms with Crippen LogP contribution < -0.4 is 5.73 Å². The Bertz CT molecular complexity index is 446. The summed E-state index contributed by atoms with van der Waals surface area (Å²) in [6, 6.07) is 1.64. The summed E-state index contributed by atoms with van der Waals surface area (Å²) >= 11 is 5.91. The van der Waals surface area contributed by atoms with Crippen LogP contribution in [0.3, 0.4) is 0 Å². The second kappa shape index (κ2) is 4.82. The lowest BCUT2D eigenvalue weighted by molar-refractivity contribution is 0.345. The van der Waals surface area contributed by atoms with Crippen LogP contribution in [0, 0.1) is 17.8 Å². The van der Waals surface area contributed by atoms with Gasteiger partial charge in [-0.15, -0.1) is 0 Å². The fraction of sp³-hybridized carbons (Fsp3) is 0.417. The number of alkyl halides is 1. The van der Waals surface area contributed by atoms with Crippen molar-refractivity contribution in [2.45, 2.75) is 19.0 Å². The van der Waals surface area contributed by atoms with Gasteiger partial charge in [-0.2, -0.15) is 0 Å². The summed E-state index contributed by atoms with van der Waals surface area (Å²) in [5.41, 5.74) is 6.14. The lowest BCUT2D eigenvalue weighted by Crippen LogP contribution is -2.09. The molecule has 0 radical (unpaired) electrons. The van der Waals surface area contributed by atoms with E-state index in [2.05, 4.69) is 16.8 Å². The lowest BCUT2D eigenvalue weighted by atomic mass is 10.2. The molecule has 0 aromatic carbocycles. The van der Waals surface area contributed by atoms with Crippen LogP contribution >= 0.6 is 11.6 Å². The van der Waals surface area contributed by atoms with Crippen LogP contribution in [0.15, 0.2) is 12.3 Å². The molecule has 0 saturated heterocycles. The van der Waals surface area contributed by atoms with Crippen LogP contribution in [0.2, 0.25) is 5.02 Å². The van der Waals surface area contributed by atoms with Crippen molar-refractivity contribution in [2.75, 3.05) is 6.54 Å². The highest BCUT2D eigenvalue weighted by Crippen LogP contribution is 2.28. The van der Waals surface area contributed by atoms with Crippen LogP contribution in [0.1, 0.15) is 30.3 Å². The van der Waals surface area contributed by atoms with E-state index in [0.29, 0.717) is 10.9 Å². The number of halogens is 2. The molecule has 2 nitrogen and oxygen atoms in total. The molecule has 84 valence electrons. The Morgan fingerprint density at radius 2 is 2.38 bits per heavy atom. The molecule has 0 bridgehead atoms. The summed E-state index contributed by atoms with van der Waals surface area (Å²) in [6.07, 6.45) is 2.58. The quantitative estimate of drug-likeness (QED) is 0.804. The van der Waals surface area contributed by atoms with Crippen molar-refractivity contribution < 1.29 is 4.39 Å². The van der Waals surface area contributed by atoms with Gasteiger partial charge >= 0.3 is 0 Å². The molecule has 1 unspecified atom stereocenters. The Morgan fingerprint density at radius 1 is 1.62 bits per heavy atom. The largest absolute Gasteiger partial charge is 0.327 e. The first-order valence-electron chi connectivity index (χ1n) is 5.22. The van der Waals surface area contributed by atoms with Gasteiger partial charge in [0, 0.05) is 24.2 Å². The van der Waals surface area contributed by atoms with Crippen molar-refractivity contribution in [3.8, 4) is 11.8 Å². The first-order valence-corrected chi connectivity index (χ1v) is 5.59. The van der Waals surface area contributed by atoms with Crippen LogP contribution in [-0.4, -0.2) is 11.5 Å². The first kappa shape index (κ1) is 11.4. The highest BCUT2D eigenvalue weighted by molar-refractivity contribution is 6.31. The third kappa shape index (κ3) is 2.72. The number of rotatable bonds is 2. The molecule has 1 fully saturated rings. The van der Waals surface area contributed by atoms with Gasteiger partial charge in [0.1, 0.15) is 0 Å². The number of hydrogen-bond donors (Lipinski definition) is 1. The van der Waals surface area contributed by atoms with Crippen molar-refractivity contribution in [1.29, 1.82) is 0 Å². The SMILES string of the molecule is NCC(F)c1ncc(C#CC2CC2)cc1Cl. The molecular formula is C12H12ClFN2. The van der Waals surface area contributed by atoms with Gasteiger partial charge in [0.15, 0.2) is 6.17 Å². The lowest BCUT2D eigenvalue weighted by Gasteiger charge is -2.06. The van der Waals surface area contributed by atoms with Crippen LogP contribution in [0.4, 0.5) is 4.39 Å². The Kier molecular flexibility index (Phi) is 3.42. The van der Waals surface area contributed by atoms with E-state index in [1.165, 1.54) is 12.8 Å². The average Bonchev–Trinajstić information content (AvgIpc) is 3.09. The first-order chi connectivity index (χ1) is 7.70. The van der Waals surface area contributed by atoms with Crippen molar-refractivity contribution >= 4 is 11.6 Å². The van der Waals surface area contributed by atoms with E-state index in [0.717, 1.165) is 5.56 Å². The van der Waals surface area contributed by atoms with E-state index in [1.54, 1.807) is 12.3 Å². The molecule has 1 aliphatic rings. The van der Waals surface area contributed by atoms with E-state index < -0.39 is 6.17 Å². The molecule has 1 aromatic heterocycles. The van der Waals surface area contributed by atoms with Crippen molar-refractivity contribution in [3.63, 3.8) is 0 Å². The van der Waals surface area contributed by atoms with Gasteiger partial charge in [-0.05, 0) is 18.9 Å². The third-order valence-electron chi connectivity index (χ3n) is 2.37. The smallest absolute Gasteiger partial charge is 0.156 e. The molecule has 1 heterocycles. The Labute approximate surface area is 99.0 Å². The predicted octanol–water partition coefficient (Wildman–Crippen LogP) is 2.47. The van der Waals surface area contributed by atoms with Gasteiger partial charge in [0.2, 0.25) is 0 Å². The molecule has 0 amide bonds. The van der Waals surface area contributed by atoms with Gasteiger partial charge in [0.05, 0.1) is 10.7 Å². The van der Waals surface area contributed by atoms with Crippen molar-refractivity contribution in [2.24, 2.45) is 11.7 Å². The summed E-state index contributed by atoms with van der Waals surface area (Å²) in [5, 5.41) is 0.292. The minimum absolute atomic E-state index is 0.111. The molecule has 1 atom stereocenters. The topological polar surface area (TPSA) is 38.9 Å². The predicted molar refractivity (Wildman–Crippen MR) is 61.8 cm³/mol. The summed E-state index contributed by atoms with van der Waals surface area (Å²) in [7, 11) is 0. The number of nitrogens with two attached hydrogens (primary N) is 1. The summed E-state index contributed by atoms with van der Waals surface area (Å²) in [6.45, 7) is -0.111. The maximum atomic E-state index is 13.3. The standard InChI is InChI=1S/C12H12ClFN2/c13-10-5-9(4-3-8-1-2-8)7-16-12(10)11(14)6-15/h5,7-8,11H,1-2,6,15H2. The Balaban J connectivity index is 2.19. The number of nitrogens with zero attached hydrogens (tertiary/aromatic N) is 1. The highest BCUT2D eigenvalue weighted by Gasteiger charge is 2.18. The average molecular weight is 239 g/mol. The van der Waals surface area contributed by atoms with Gasteiger partial charge in [-0.3, -0.25) is 4.98 Å². The second-order valence-corrected chi connectivity index (χ2v) is 4.25. The number of hydrogen-bond acceptors (Lipinski definition) is 2. The highest BCUT2D eigenvalue weighted by atomic mass is 35.5. The second-order valence-electron chi connectivity index (χ2n) is 3.84. The zero-order chi connectivity index (χ0) is 11.5. The minimum atomic E-state index is -1.31. The Hall–Kier alpha value is -1.11. The van der Waals surface area contributed by atoms with Gasteiger partial charge in [0.25, 0.3) is 0 Å². The fourth-order valence-corrected chi connectivity index (χ4v) is 1.56. The minimum Gasteiger partial charge on any atom is -0.327 e. The van der Waals surface area contributed by atoms with E-state index in [-0.39, 0.29) is 12.2 Å². The zero-order valence-electron chi connectivity index (χ0n) is 8.71. The van der Waals surface area contributed by atoms with Gasteiger partial charge < -0.3 is 5.73 Å². The molecule has 1 aromatic rings. The molecule has 2 rings (SSSR count). The third-order valence-corrected chi connectivity index (χ3v) is 2.67. The maximum Gasteiger partial charge on any atom is 0.156 e. The summed E-state index contributed by atoms with van der Waals surface area (Å²) < 4.78 is 13.3. The van der Waals surface area contributed by atoms with E-state index in [9.17, 15) is 4.39 Å². The molecular weight excluding hydrogens is 227 g/mol. The molecule has 0 spiro atoms. The summed E-state index contributed by atoms with van der Waals surface area (Å²) in [4.78, 5) is 3.96. The number of pyridine rings is 1. The van der Waals surface area contributed by atoms with E-state index in [4.69, 9.17) is 17.3 Å². The van der Waals surface area contributed by atoms with Crippen LogP contribution in [-0.2, 0) is 0 Å². The van der Waals surface area contributed by atoms with Gasteiger partial charge in [-0.1, -0.05) is 23.4 Å². The van der Waals surface area contributed by atoms with Crippen molar-refractivity contribution in [1.82, 2.24) is 4.98 Å². The molecule has 0 aliphatic heterocycles. The molecule has 1 saturated carbocycles. The molecule has 1 aliphatic carbocycles. The maximum absolute atomic E-state index is 13.3. The molecule has 2 N–H and O–H groups in total. The van der Waals surface area contributed by atoms with Crippen molar-refractivity contribution in [3.05, 3.63) is 28.5 Å². The monoisotopic (exact) mass is 238 g/mol. The van der Waals surface area contributed by atoms with Crippen LogP contribution in [0.5, 0.6) is 0 Å².